The number of morpholine rings is 1. The van der Waals surface area contributed by atoms with Gasteiger partial charge in [0.25, 0.3) is 0 Å². The zero-order valence-electron chi connectivity index (χ0n) is 11.2. The van der Waals surface area contributed by atoms with Gasteiger partial charge in [0, 0.05) is 19.1 Å². The quantitative estimate of drug-likeness (QED) is 0.761. The van der Waals surface area contributed by atoms with Gasteiger partial charge in [0.2, 0.25) is 5.91 Å². The van der Waals surface area contributed by atoms with Crippen LogP contribution in [0.2, 0.25) is 0 Å². The molecule has 2 aliphatic heterocycles. The van der Waals surface area contributed by atoms with E-state index in [2.05, 4.69) is 6.92 Å². The molecule has 3 fully saturated rings. The number of fused-ring (bicyclic) bond motifs is 2. The monoisotopic (exact) mass is 252 g/mol. The highest BCUT2D eigenvalue weighted by molar-refractivity contribution is 5.80. The van der Waals surface area contributed by atoms with E-state index >= 15 is 0 Å². The number of rotatable bonds is 1. The lowest BCUT2D eigenvalue weighted by Gasteiger charge is -2.39. The summed E-state index contributed by atoms with van der Waals surface area (Å²) in [4.78, 5) is 14.6. The third-order valence-corrected chi connectivity index (χ3v) is 4.97. The van der Waals surface area contributed by atoms with Crippen molar-refractivity contribution in [3.05, 3.63) is 0 Å². The van der Waals surface area contributed by atoms with E-state index in [0.29, 0.717) is 5.92 Å². The second-order valence-corrected chi connectivity index (χ2v) is 6.29. The summed E-state index contributed by atoms with van der Waals surface area (Å²) < 4.78 is 5.79. The summed E-state index contributed by atoms with van der Waals surface area (Å²) in [5.74, 6) is 0.811. The zero-order valence-corrected chi connectivity index (χ0v) is 11.2. The Labute approximate surface area is 109 Å². The molecule has 3 aliphatic rings. The largest absolute Gasteiger partial charge is 0.371 e. The van der Waals surface area contributed by atoms with Gasteiger partial charge >= 0.3 is 0 Å². The number of carbonyl (C=O) groups excluding carboxylic acids is 1. The maximum absolute atomic E-state index is 12.6. The summed E-state index contributed by atoms with van der Waals surface area (Å²) in [5.41, 5.74) is 6.24. The minimum absolute atomic E-state index is 0.0475. The van der Waals surface area contributed by atoms with Crippen LogP contribution in [0.5, 0.6) is 0 Å². The summed E-state index contributed by atoms with van der Waals surface area (Å²) >= 11 is 0. The highest BCUT2D eigenvalue weighted by Crippen LogP contribution is 2.32. The van der Waals surface area contributed by atoms with Crippen molar-refractivity contribution in [2.45, 2.75) is 57.3 Å². The molecule has 2 heterocycles. The Morgan fingerprint density at radius 3 is 2.50 bits per heavy atom. The second-order valence-electron chi connectivity index (χ2n) is 6.29. The van der Waals surface area contributed by atoms with Crippen molar-refractivity contribution in [1.29, 1.82) is 0 Å². The molecular formula is C14H24N2O2. The number of amides is 1. The Morgan fingerprint density at radius 2 is 1.83 bits per heavy atom. The predicted octanol–water partition coefficient (Wildman–Crippen LogP) is 1.14. The van der Waals surface area contributed by atoms with Crippen LogP contribution in [0.4, 0.5) is 0 Å². The number of carbonyl (C=O) groups is 1. The van der Waals surface area contributed by atoms with Crippen LogP contribution in [0.25, 0.3) is 0 Å². The van der Waals surface area contributed by atoms with Gasteiger partial charge in [-0.25, -0.2) is 0 Å². The average molecular weight is 252 g/mol. The smallest absolute Gasteiger partial charge is 0.227 e. The van der Waals surface area contributed by atoms with E-state index < -0.39 is 0 Å². The first-order valence-electron chi connectivity index (χ1n) is 7.35. The van der Waals surface area contributed by atoms with E-state index in [-0.39, 0.29) is 30.1 Å². The highest BCUT2D eigenvalue weighted by atomic mass is 16.5. The van der Waals surface area contributed by atoms with Gasteiger partial charge in [-0.05, 0) is 31.6 Å². The summed E-state index contributed by atoms with van der Waals surface area (Å²) in [7, 11) is 0. The average Bonchev–Trinajstić information content (AvgIpc) is 2.71. The van der Waals surface area contributed by atoms with Crippen molar-refractivity contribution >= 4 is 5.91 Å². The van der Waals surface area contributed by atoms with Crippen molar-refractivity contribution in [2.75, 3.05) is 13.1 Å². The number of ether oxygens (including phenoxy) is 1. The molecule has 2 saturated heterocycles. The summed E-state index contributed by atoms with van der Waals surface area (Å²) in [6, 6.07) is 0.0479. The number of hydrogen-bond donors (Lipinski definition) is 1. The van der Waals surface area contributed by atoms with Gasteiger partial charge in [0.1, 0.15) is 0 Å². The van der Waals surface area contributed by atoms with Crippen LogP contribution >= 0.6 is 0 Å². The van der Waals surface area contributed by atoms with Crippen LogP contribution < -0.4 is 5.73 Å². The van der Waals surface area contributed by atoms with E-state index in [1.165, 1.54) is 6.42 Å². The molecule has 0 aromatic carbocycles. The van der Waals surface area contributed by atoms with Crippen LogP contribution in [0.3, 0.4) is 0 Å². The molecule has 102 valence electrons. The molecule has 1 saturated carbocycles. The summed E-state index contributed by atoms with van der Waals surface area (Å²) in [6.45, 7) is 3.74. The van der Waals surface area contributed by atoms with E-state index in [0.717, 1.165) is 38.8 Å². The Morgan fingerprint density at radius 1 is 1.17 bits per heavy atom. The second kappa shape index (κ2) is 4.82. The fourth-order valence-corrected chi connectivity index (χ4v) is 3.76. The molecule has 5 atom stereocenters. The number of nitrogens with two attached hydrogens (primary N) is 1. The Balaban J connectivity index is 1.66. The molecule has 1 amide bonds. The topological polar surface area (TPSA) is 55.6 Å². The van der Waals surface area contributed by atoms with E-state index in [9.17, 15) is 4.79 Å². The fourth-order valence-electron chi connectivity index (χ4n) is 3.76. The molecule has 3 rings (SSSR count). The van der Waals surface area contributed by atoms with E-state index in [4.69, 9.17) is 10.5 Å². The fraction of sp³-hybridized carbons (Fsp3) is 0.929. The van der Waals surface area contributed by atoms with Crippen molar-refractivity contribution in [1.82, 2.24) is 4.90 Å². The van der Waals surface area contributed by atoms with Gasteiger partial charge in [-0.1, -0.05) is 13.3 Å². The van der Waals surface area contributed by atoms with Crippen molar-refractivity contribution in [3.63, 3.8) is 0 Å². The molecule has 1 aliphatic carbocycles. The van der Waals surface area contributed by atoms with Gasteiger partial charge in [-0.3, -0.25) is 4.79 Å². The Bertz CT molecular complexity index is 322. The molecule has 18 heavy (non-hydrogen) atoms. The molecule has 0 aromatic heterocycles. The molecule has 0 spiro atoms. The lowest BCUT2D eigenvalue weighted by atomic mass is 9.77. The maximum Gasteiger partial charge on any atom is 0.227 e. The lowest BCUT2D eigenvalue weighted by molar-refractivity contribution is -0.146. The Hall–Kier alpha value is -0.610. The first-order valence-corrected chi connectivity index (χ1v) is 7.35. The van der Waals surface area contributed by atoms with Crippen LogP contribution in [0, 0.1) is 11.8 Å². The van der Waals surface area contributed by atoms with Gasteiger partial charge < -0.3 is 15.4 Å². The van der Waals surface area contributed by atoms with Crippen LogP contribution in [-0.4, -0.2) is 42.1 Å². The summed E-state index contributed by atoms with van der Waals surface area (Å²) in [5, 5.41) is 0. The molecule has 4 heteroatoms. The zero-order chi connectivity index (χ0) is 12.7. The maximum atomic E-state index is 12.6. The normalized spacial score (nSPS) is 44.1. The van der Waals surface area contributed by atoms with Crippen molar-refractivity contribution in [3.8, 4) is 0 Å². The number of nitrogens with zero attached hydrogens (tertiary/aromatic N) is 1. The SMILES string of the molecule is CC1CCCC(C(=O)N2CC3CCC(C2)O3)C1N. The molecule has 4 nitrogen and oxygen atoms in total. The standard InChI is InChI=1S/C14H24N2O2/c1-9-3-2-4-12(13(9)15)14(17)16-7-10-5-6-11(8-16)18-10/h9-13H,2-8,15H2,1H3. The Kier molecular flexibility index (Phi) is 3.32. The summed E-state index contributed by atoms with van der Waals surface area (Å²) in [6.07, 6.45) is 6.07. The molecule has 2 bridgehead atoms. The van der Waals surface area contributed by atoms with Crippen LogP contribution in [0.15, 0.2) is 0 Å². The van der Waals surface area contributed by atoms with Gasteiger partial charge in [-0.15, -0.1) is 0 Å². The highest BCUT2D eigenvalue weighted by Gasteiger charge is 2.40. The number of likely N-dealkylation sites (tertiary alicyclic amines) is 1. The molecule has 0 radical (unpaired) electrons. The molecular weight excluding hydrogens is 228 g/mol. The van der Waals surface area contributed by atoms with Crippen molar-refractivity contribution in [2.24, 2.45) is 17.6 Å². The first-order chi connectivity index (χ1) is 8.65. The lowest BCUT2D eigenvalue weighted by Crippen LogP contribution is -2.53. The molecule has 0 aromatic rings. The van der Waals surface area contributed by atoms with E-state index in [1.807, 2.05) is 4.90 Å². The third-order valence-electron chi connectivity index (χ3n) is 4.97. The minimum Gasteiger partial charge on any atom is -0.371 e. The van der Waals surface area contributed by atoms with Gasteiger partial charge in [-0.2, -0.15) is 0 Å². The molecule has 2 N–H and O–H groups in total. The number of hydrogen-bond acceptors (Lipinski definition) is 3. The van der Waals surface area contributed by atoms with E-state index in [1.54, 1.807) is 0 Å². The first kappa shape index (κ1) is 12.4. The van der Waals surface area contributed by atoms with Crippen LogP contribution in [0.1, 0.15) is 39.0 Å². The van der Waals surface area contributed by atoms with Crippen molar-refractivity contribution < 1.29 is 9.53 Å². The third kappa shape index (κ3) is 2.16. The molecule has 5 unspecified atom stereocenters. The van der Waals surface area contributed by atoms with Gasteiger partial charge in [0.05, 0.1) is 18.1 Å². The van der Waals surface area contributed by atoms with Crippen LogP contribution in [-0.2, 0) is 9.53 Å². The van der Waals surface area contributed by atoms with Gasteiger partial charge in [0.15, 0.2) is 0 Å². The predicted molar refractivity (Wildman–Crippen MR) is 69.0 cm³/mol. The minimum atomic E-state index is 0.0475.